The summed E-state index contributed by atoms with van der Waals surface area (Å²) >= 11 is 5.91. The number of fused-ring (bicyclic) bond motifs is 1. The van der Waals surface area contributed by atoms with Gasteiger partial charge in [0.2, 0.25) is 5.28 Å². The van der Waals surface area contributed by atoms with Crippen LogP contribution >= 0.6 is 11.6 Å². The fourth-order valence-electron chi connectivity index (χ4n) is 3.58. The van der Waals surface area contributed by atoms with Gasteiger partial charge in [0.1, 0.15) is 11.4 Å². The lowest BCUT2D eigenvalue weighted by Gasteiger charge is -2.35. The summed E-state index contributed by atoms with van der Waals surface area (Å²) in [5.74, 6) is -0.296. The van der Waals surface area contributed by atoms with E-state index in [1.54, 1.807) is 23.9 Å². The normalized spacial score (nSPS) is 16.4. The molecule has 1 unspecified atom stereocenters. The first kappa shape index (κ1) is 22.2. The molecule has 0 aliphatic carbocycles. The lowest BCUT2D eigenvalue weighted by molar-refractivity contribution is -0.141. The van der Waals surface area contributed by atoms with Crippen molar-refractivity contribution in [1.82, 2.24) is 29.4 Å². The van der Waals surface area contributed by atoms with Crippen LogP contribution in [0.2, 0.25) is 5.28 Å². The molecule has 0 saturated heterocycles. The number of methoxy groups -OCH3 is 1. The highest BCUT2D eigenvalue weighted by molar-refractivity contribution is 6.28. The van der Waals surface area contributed by atoms with Gasteiger partial charge in [-0.3, -0.25) is 4.79 Å². The van der Waals surface area contributed by atoms with Crippen molar-refractivity contribution in [3.05, 3.63) is 58.7 Å². The summed E-state index contributed by atoms with van der Waals surface area (Å²) in [5, 5.41) is 0.0532. The average Bonchev–Trinajstić information content (AvgIpc) is 3.16. The van der Waals surface area contributed by atoms with Gasteiger partial charge < -0.3 is 14.2 Å². The van der Waals surface area contributed by atoms with Gasteiger partial charge in [0.25, 0.3) is 5.91 Å². The fraction of sp³-hybridized carbons (Fsp3) is 0.350. The number of halogens is 4. The summed E-state index contributed by atoms with van der Waals surface area (Å²) in [6.45, 7) is 2.22. The van der Waals surface area contributed by atoms with Gasteiger partial charge in [-0.2, -0.15) is 13.2 Å². The number of carbonyl (C=O) groups is 1. The minimum Gasteiger partial charge on any atom is -0.382 e. The molecular formula is C20H18ClF3N6O2. The van der Waals surface area contributed by atoms with Crippen LogP contribution in [0.1, 0.15) is 27.6 Å². The number of pyridine rings is 1. The quantitative estimate of drug-likeness (QED) is 0.536. The van der Waals surface area contributed by atoms with Gasteiger partial charge in [0.05, 0.1) is 30.6 Å². The molecule has 1 aliphatic rings. The van der Waals surface area contributed by atoms with Crippen molar-refractivity contribution in [1.29, 1.82) is 0 Å². The minimum atomic E-state index is -4.57. The van der Waals surface area contributed by atoms with E-state index in [1.165, 1.54) is 24.1 Å². The number of imidazole rings is 1. The maximum absolute atomic E-state index is 13.3. The number of rotatable bonds is 5. The number of hydrogen-bond acceptors (Lipinski definition) is 6. The molecule has 4 rings (SSSR count). The molecule has 32 heavy (non-hydrogen) atoms. The zero-order chi connectivity index (χ0) is 23.0. The molecular weight excluding hydrogens is 449 g/mol. The molecule has 3 aromatic rings. The second-order valence-electron chi connectivity index (χ2n) is 7.33. The van der Waals surface area contributed by atoms with Crippen LogP contribution in [0.3, 0.4) is 0 Å². The highest BCUT2D eigenvalue weighted by Gasteiger charge is 2.36. The Morgan fingerprint density at radius 1 is 1.25 bits per heavy atom. The van der Waals surface area contributed by atoms with Crippen LogP contribution in [-0.2, 0) is 24.0 Å². The van der Waals surface area contributed by atoms with Gasteiger partial charge in [0, 0.05) is 26.0 Å². The van der Waals surface area contributed by atoms with Crippen LogP contribution in [0.15, 0.2) is 30.6 Å². The van der Waals surface area contributed by atoms with Crippen LogP contribution in [-0.4, -0.2) is 55.1 Å². The zero-order valence-corrected chi connectivity index (χ0v) is 17.9. The summed E-state index contributed by atoms with van der Waals surface area (Å²) in [4.78, 5) is 30.9. The zero-order valence-electron chi connectivity index (χ0n) is 17.1. The van der Waals surface area contributed by atoms with Gasteiger partial charge in [-0.1, -0.05) is 6.07 Å². The Labute approximate surface area is 186 Å². The number of ether oxygens (including phenoxy) is 1. The van der Waals surface area contributed by atoms with Crippen LogP contribution in [0.25, 0.3) is 11.4 Å². The van der Waals surface area contributed by atoms with Crippen molar-refractivity contribution in [2.45, 2.75) is 32.2 Å². The molecule has 8 nitrogen and oxygen atoms in total. The monoisotopic (exact) mass is 466 g/mol. The Hall–Kier alpha value is -3.05. The average molecular weight is 467 g/mol. The summed E-state index contributed by atoms with van der Waals surface area (Å²) in [6.07, 6.45) is -1.32. The number of aromatic nitrogens is 5. The predicted octanol–water partition coefficient (Wildman–Crippen LogP) is 3.39. The van der Waals surface area contributed by atoms with E-state index >= 15 is 0 Å². The number of aryl methyl sites for hydroxylation is 1. The molecule has 4 heterocycles. The smallest absolute Gasteiger partial charge is 0.382 e. The van der Waals surface area contributed by atoms with Gasteiger partial charge in [-0.05, 0) is 36.2 Å². The van der Waals surface area contributed by atoms with E-state index in [0.717, 1.165) is 11.6 Å². The molecule has 0 aromatic carbocycles. The molecule has 3 aromatic heterocycles. The lowest BCUT2D eigenvalue weighted by atomic mass is 10.1. The minimum absolute atomic E-state index is 0.0532. The first-order chi connectivity index (χ1) is 15.2. The van der Waals surface area contributed by atoms with Crippen LogP contribution < -0.4 is 0 Å². The lowest BCUT2D eigenvalue weighted by Crippen LogP contribution is -2.49. The van der Waals surface area contributed by atoms with Crippen molar-refractivity contribution in [2.75, 3.05) is 13.7 Å². The number of amides is 1. The number of alkyl halides is 3. The third-order valence-corrected chi connectivity index (χ3v) is 5.23. The number of nitrogens with zero attached hydrogens (tertiary/aromatic N) is 6. The van der Waals surface area contributed by atoms with Crippen LogP contribution in [0.4, 0.5) is 13.2 Å². The Balaban J connectivity index is 1.68. The van der Waals surface area contributed by atoms with E-state index < -0.39 is 23.8 Å². The summed E-state index contributed by atoms with van der Waals surface area (Å²) in [5.41, 5.74) is 0.783. The molecule has 0 saturated carbocycles. The molecule has 1 amide bonds. The van der Waals surface area contributed by atoms with E-state index in [2.05, 4.69) is 19.9 Å². The highest BCUT2D eigenvalue weighted by atomic mass is 35.5. The molecule has 0 bridgehead atoms. The van der Waals surface area contributed by atoms with Gasteiger partial charge in [-0.25, -0.2) is 19.9 Å². The largest absolute Gasteiger partial charge is 0.433 e. The Bertz CT molecular complexity index is 1170. The van der Waals surface area contributed by atoms with Crippen molar-refractivity contribution in [3.8, 4) is 11.4 Å². The second-order valence-corrected chi connectivity index (χ2v) is 7.66. The van der Waals surface area contributed by atoms with E-state index in [-0.39, 0.29) is 30.0 Å². The maximum Gasteiger partial charge on any atom is 0.433 e. The topological polar surface area (TPSA) is 86.0 Å². The van der Waals surface area contributed by atoms with Gasteiger partial charge in [0.15, 0.2) is 5.82 Å². The predicted molar refractivity (Wildman–Crippen MR) is 108 cm³/mol. The summed E-state index contributed by atoms with van der Waals surface area (Å²) in [6, 6.07) is 3.19. The molecule has 0 N–H and O–H groups in total. The number of carbonyl (C=O) groups excluding carboxylic acids is 1. The molecule has 168 valence electrons. The third-order valence-electron chi connectivity index (χ3n) is 5.05. The van der Waals surface area contributed by atoms with Crippen LogP contribution in [0, 0.1) is 6.92 Å². The Kier molecular flexibility index (Phi) is 5.87. The molecule has 12 heteroatoms. The van der Waals surface area contributed by atoms with Crippen molar-refractivity contribution in [2.24, 2.45) is 0 Å². The molecule has 1 aliphatic heterocycles. The maximum atomic E-state index is 13.3. The SMILES string of the molecule is COCC1Cn2cc(-c3nc(Cl)ncc3C)nc2C(=O)N1Cc1cccc(C(F)(F)F)n1. The van der Waals surface area contributed by atoms with E-state index in [4.69, 9.17) is 16.3 Å². The van der Waals surface area contributed by atoms with Gasteiger partial charge in [-0.15, -0.1) is 0 Å². The van der Waals surface area contributed by atoms with E-state index in [0.29, 0.717) is 17.9 Å². The Morgan fingerprint density at radius 2 is 2.03 bits per heavy atom. The van der Waals surface area contributed by atoms with Crippen LogP contribution in [0.5, 0.6) is 0 Å². The summed E-state index contributed by atoms with van der Waals surface area (Å²) < 4.78 is 46.1. The molecule has 0 spiro atoms. The fourth-order valence-corrected chi connectivity index (χ4v) is 3.71. The van der Waals surface area contributed by atoms with Crippen molar-refractivity contribution >= 4 is 17.5 Å². The van der Waals surface area contributed by atoms with Crippen molar-refractivity contribution in [3.63, 3.8) is 0 Å². The summed E-state index contributed by atoms with van der Waals surface area (Å²) in [7, 11) is 1.49. The van der Waals surface area contributed by atoms with Crippen molar-refractivity contribution < 1.29 is 22.7 Å². The standard InChI is InChI=1S/C20H18ClF3N6O2/c1-11-6-25-19(21)28-16(11)14-9-29-8-13(10-32-2)30(18(31)17(29)27-14)7-12-4-3-5-15(26-12)20(22,23)24/h3-6,9,13H,7-8,10H2,1-2H3. The molecule has 0 fully saturated rings. The first-order valence-electron chi connectivity index (χ1n) is 9.57. The molecule has 1 atom stereocenters. The number of hydrogen-bond donors (Lipinski definition) is 0. The molecule has 0 radical (unpaired) electrons. The van der Waals surface area contributed by atoms with E-state index in [9.17, 15) is 18.0 Å². The first-order valence-corrected chi connectivity index (χ1v) is 9.95. The van der Waals surface area contributed by atoms with E-state index in [1.807, 2.05) is 0 Å². The van der Waals surface area contributed by atoms with Gasteiger partial charge >= 0.3 is 6.18 Å². The Morgan fingerprint density at radius 3 is 2.75 bits per heavy atom. The highest BCUT2D eigenvalue weighted by Crippen LogP contribution is 2.29. The third kappa shape index (κ3) is 4.30. The second kappa shape index (κ2) is 8.47.